The largest absolute Gasteiger partial charge is 0.397 e. The number of ether oxygens (including phenoxy) is 2. The van der Waals surface area contributed by atoms with Gasteiger partial charge in [-0.3, -0.25) is 9.35 Å². The standard InChI is InChI=1S/C51H91NO12S/c1-3-5-7-9-11-13-15-17-19-21-22-23-24-26-28-30-32-34-36-38-40-45(55)50(58)52-43(42-62-51-48(57)49(64-65(59,60)61)47(56)46(41-53)63-51)44(54)39-37-35-33-31-29-27-25-20-18-16-14-12-10-8-6-4-2/h5,7,11,13,18,20,29,31,37,39,43-49,51,53-57H,3-4,6,8-10,12,14-17,19,21-28,30,32-36,38,40-42H2,1-2H3,(H,52,58)(H,59,60,61)/b7-5-,13-11-,20-18+,31-29+,39-37+. The molecule has 0 aromatic carbocycles. The molecular formula is C51H91NO12S. The highest BCUT2D eigenvalue weighted by Gasteiger charge is 2.48. The number of aliphatic hydroxyl groups excluding tert-OH is 5. The molecule has 14 heteroatoms. The van der Waals surface area contributed by atoms with Gasteiger partial charge in [0.1, 0.15) is 30.5 Å². The third-order valence-electron chi connectivity index (χ3n) is 11.6. The number of allylic oxidation sites excluding steroid dienone is 9. The fourth-order valence-corrected chi connectivity index (χ4v) is 8.16. The summed E-state index contributed by atoms with van der Waals surface area (Å²) in [5, 5.41) is 55.3. The van der Waals surface area contributed by atoms with E-state index in [1.807, 2.05) is 0 Å². The molecule has 65 heavy (non-hydrogen) atoms. The minimum absolute atomic E-state index is 0.231. The molecule has 1 rings (SSSR count). The predicted octanol–water partition coefficient (Wildman–Crippen LogP) is 9.58. The smallest absolute Gasteiger partial charge is 0.394 e. The number of carbonyl (C=O) groups is 1. The van der Waals surface area contributed by atoms with Crippen molar-refractivity contribution < 1.29 is 57.0 Å². The molecule has 7 N–H and O–H groups in total. The van der Waals surface area contributed by atoms with E-state index in [-0.39, 0.29) is 6.42 Å². The van der Waals surface area contributed by atoms with Crippen molar-refractivity contribution in [1.29, 1.82) is 0 Å². The molecule has 1 fully saturated rings. The number of nitrogens with one attached hydrogen (secondary N) is 1. The Bertz CT molecular complexity index is 1400. The van der Waals surface area contributed by atoms with Crippen LogP contribution in [0.5, 0.6) is 0 Å². The third kappa shape index (κ3) is 33.0. The normalized spacial score (nSPS) is 21.1. The molecule has 8 unspecified atom stereocenters. The molecule has 0 saturated carbocycles. The maximum absolute atomic E-state index is 13.1. The van der Waals surface area contributed by atoms with Gasteiger partial charge in [0.15, 0.2) is 6.29 Å². The number of hydrogen-bond acceptors (Lipinski definition) is 11. The van der Waals surface area contributed by atoms with Gasteiger partial charge in [-0.15, -0.1) is 0 Å². The lowest BCUT2D eigenvalue weighted by Gasteiger charge is -2.41. The Balaban J connectivity index is 2.54. The van der Waals surface area contributed by atoms with E-state index in [0.717, 1.165) is 57.8 Å². The van der Waals surface area contributed by atoms with Gasteiger partial charge in [0, 0.05) is 0 Å². The van der Waals surface area contributed by atoms with Gasteiger partial charge in [0.25, 0.3) is 0 Å². The van der Waals surface area contributed by atoms with Crippen LogP contribution in [0.25, 0.3) is 0 Å². The molecule has 1 heterocycles. The molecule has 0 aromatic rings. The van der Waals surface area contributed by atoms with Gasteiger partial charge < -0.3 is 40.3 Å². The van der Waals surface area contributed by atoms with Crippen molar-refractivity contribution in [3.63, 3.8) is 0 Å². The first kappa shape index (κ1) is 60.8. The Morgan fingerprint density at radius 1 is 0.646 bits per heavy atom. The van der Waals surface area contributed by atoms with Crippen molar-refractivity contribution in [1.82, 2.24) is 5.32 Å². The average Bonchev–Trinajstić information content (AvgIpc) is 3.28. The van der Waals surface area contributed by atoms with Crippen LogP contribution in [0.4, 0.5) is 0 Å². The molecule has 0 radical (unpaired) electrons. The first-order valence-electron chi connectivity index (χ1n) is 25.3. The van der Waals surface area contributed by atoms with E-state index < -0.39 is 78.5 Å². The molecule has 8 atom stereocenters. The summed E-state index contributed by atoms with van der Waals surface area (Å²) in [4.78, 5) is 13.1. The molecule has 0 bridgehead atoms. The maximum atomic E-state index is 13.1. The Hall–Kier alpha value is -2.24. The molecule has 0 spiro atoms. The molecule has 378 valence electrons. The number of rotatable bonds is 42. The Kier molecular flexibility index (Phi) is 38.1. The SMILES string of the molecule is CC/C=C\C/C=C\CCCCCCCCCCCCCCCC(O)C(=O)NC(COC1OC(CO)C(O)C(OS(=O)(=O)O)C1O)C(O)/C=C/CC/C=C/CC/C=C/CCCCCCCC. The van der Waals surface area contributed by atoms with Crippen LogP contribution in [0.15, 0.2) is 60.8 Å². The molecule has 13 nitrogen and oxygen atoms in total. The first-order chi connectivity index (χ1) is 31.4. The number of carbonyl (C=O) groups excluding carboxylic acids is 1. The first-order valence-corrected chi connectivity index (χ1v) is 26.6. The molecule has 0 aromatic heterocycles. The van der Waals surface area contributed by atoms with Crippen molar-refractivity contribution in [3.8, 4) is 0 Å². The van der Waals surface area contributed by atoms with Crippen molar-refractivity contribution in [2.24, 2.45) is 0 Å². The lowest BCUT2D eigenvalue weighted by molar-refractivity contribution is -0.298. The number of hydrogen-bond donors (Lipinski definition) is 7. The van der Waals surface area contributed by atoms with Crippen LogP contribution in [0.3, 0.4) is 0 Å². The van der Waals surface area contributed by atoms with Crippen molar-refractivity contribution in [2.45, 2.75) is 243 Å². The molecule has 0 aliphatic carbocycles. The van der Waals surface area contributed by atoms with E-state index in [0.29, 0.717) is 12.8 Å². The lowest BCUT2D eigenvalue weighted by atomic mass is 9.99. The molecular weight excluding hydrogens is 851 g/mol. The third-order valence-corrected chi connectivity index (χ3v) is 12.1. The van der Waals surface area contributed by atoms with Crippen LogP contribution in [-0.2, 0) is 28.9 Å². The summed E-state index contributed by atoms with van der Waals surface area (Å²) >= 11 is 0. The van der Waals surface area contributed by atoms with Crippen LogP contribution in [-0.4, -0.2) is 107 Å². The molecule has 1 aliphatic heterocycles. The minimum Gasteiger partial charge on any atom is -0.394 e. The average molecular weight is 942 g/mol. The summed E-state index contributed by atoms with van der Waals surface area (Å²) in [6.45, 7) is 3.09. The zero-order valence-electron chi connectivity index (χ0n) is 40.1. The highest BCUT2D eigenvalue weighted by molar-refractivity contribution is 7.80. The van der Waals surface area contributed by atoms with Gasteiger partial charge in [-0.25, -0.2) is 4.18 Å². The Morgan fingerprint density at radius 2 is 1.12 bits per heavy atom. The van der Waals surface area contributed by atoms with Crippen LogP contribution in [0.1, 0.15) is 194 Å². The summed E-state index contributed by atoms with van der Waals surface area (Å²) in [6, 6.07) is -1.14. The van der Waals surface area contributed by atoms with Crippen LogP contribution >= 0.6 is 0 Å². The number of amides is 1. The van der Waals surface area contributed by atoms with Crippen molar-refractivity contribution in [2.75, 3.05) is 13.2 Å². The highest BCUT2D eigenvalue weighted by Crippen LogP contribution is 2.26. The lowest BCUT2D eigenvalue weighted by Crippen LogP contribution is -2.61. The zero-order valence-corrected chi connectivity index (χ0v) is 41.0. The topological polar surface area (TPSA) is 212 Å². The van der Waals surface area contributed by atoms with E-state index in [1.165, 1.54) is 109 Å². The Labute approximate surface area is 393 Å². The second kappa shape index (κ2) is 40.8. The van der Waals surface area contributed by atoms with E-state index in [1.54, 1.807) is 6.08 Å². The van der Waals surface area contributed by atoms with Crippen molar-refractivity contribution >= 4 is 16.3 Å². The zero-order chi connectivity index (χ0) is 47.8. The summed E-state index contributed by atoms with van der Waals surface area (Å²) in [6.07, 6.45) is 40.1. The number of aliphatic hydroxyl groups is 5. The van der Waals surface area contributed by atoms with Gasteiger partial charge in [-0.1, -0.05) is 184 Å². The van der Waals surface area contributed by atoms with Crippen LogP contribution in [0, 0.1) is 0 Å². The summed E-state index contributed by atoms with van der Waals surface area (Å²) in [5.74, 6) is -0.719. The molecule has 1 amide bonds. The van der Waals surface area contributed by atoms with E-state index in [9.17, 15) is 43.3 Å². The van der Waals surface area contributed by atoms with E-state index in [4.69, 9.17) is 9.47 Å². The number of unbranched alkanes of at least 4 members (excludes halogenated alkanes) is 21. The van der Waals surface area contributed by atoms with Gasteiger partial charge >= 0.3 is 10.4 Å². The maximum Gasteiger partial charge on any atom is 0.397 e. The second-order valence-corrected chi connectivity index (χ2v) is 18.5. The quantitative estimate of drug-likeness (QED) is 0.0173. The Morgan fingerprint density at radius 3 is 1.65 bits per heavy atom. The molecule has 1 saturated heterocycles. The fraction of sp³-hybridized carbons (Fsp3) is 0.784. The van der Waals surface area contributed by atoms with Crippen LogP contribution < -0.4 is 5.32 Å². The van der Waals surface area contributed by atoms with Crippen molar-refractivity contribution in [3.05, 3.63) is 60.8 Å². The monoisotopic (exact) mass is 942 g/mol. The second-order valence-electron chi connectivity index (χ2n) is 17.5. The van der Waals surface area contributed by atoms with Gasteiger partial charge in [0.05, 0.1) is 25.4 Å². The minimum atomic E-state index is -5.13. The fourth-order valence-electron chi connectivity index (χ4n) is 7.65. The highest BCUT2D eigenvalue weighted by atomic mass is 32.3. The van der Waals surface area contributed by atoms with Gasteiger partial charge in [-0.2, -0.15) is 8.42 Å². The molecule has 1 aliphatic rings. The predicted molar refractivity (Wildman–Crippen MR) is 260 cm³/mol. The summed E-state index contributed by atoms with van der Waals surface area (Å²) < 4.78 is 47.6. The van der Waals surface area contributed by atoms with E-state index >= 15 is 0 Å². The van der Waals surface area contributed by atoms with Gasteiger partial charge in [-0.05, 0) is 70.6 Å². The summed E-state index contributed by atoms with van der Waals surface area (Å²) in [5.41, 5.74) is 0. The van der Waals surface area contributed by atoms with Crippen LogP contribution in [0.2, 0.25) is 0 Å². The van der Waals surface area contributed by atoms with E-state index in [2.05, 4.69) is 72.0 Å². The summed E-state index contributed by atoms with van der Waals surface area (Å²) in [7, 11) is -5.13. The van der Waals surface area contributed by atoms with Gasteiger partial charge in [0.2, 0.25) is 5.91 Å².